The van der Waals surface area contributed by atoms with Crippen LogP contribution in [0.2, 0.25) is 0 Å². The summed E-state index contributed by atoms with van der Waals surface area (Å²) in [6, 6.07) is 0.430. The van der Waals surface area contributed by atoms with Gasteiger partial charge in [0.05, 0.1) is 10.6 Å². The minimum absolute atomic E-state index is 0.430. The Morgan fingerprint density at radius 2 is 1.94 bits per heavy atom. The molecule has 1 rings (SSSR count). The minimum atomic E-state index is 0.430. The van der Waals surface area contributed by atoms with Crippen LogP contribution in [0.4, 0.5) is 0 Å². The molecular weight excluding hydrogens is 218 g/mol. The molecule has 1 unspecified atom stereocenters. The molecule has 92 valence electrons. The summed E-state index contributed by atoms with van der Waals surface area (Å²) in [6.45, 7) is 6.68. The van der Waals surface area contributed by atoms with E-state index in [2.05, 4.69) is 35.7 Å². The summed E-state index contributed by atoms with van der Waals surface area (Å²) < 4.78 is 4.07. The molecule has 0 aromatic carbocycles. The van der Waals surface area contributed by atoms with Crippen molar-refractivity contribution in [1.29, 1.82) is 0 Å². The molecule has 3 nitrogen and oxygen atoms in total. The average molecular weight is 241 g/mol. The average Bonchev–Trinajstić information content (AvgIpc) is 2.79. The van der Waals surface area contributed by atoms with Crippen molar-refractivity contribution in [3.8, 4) is 0 Å². The SMILES string of the molecule is CCc1nnsc1C(CC(CC)CC)NC. The zero-order valence-electron chi connectivity index (χ0n) is 10.8. The first-order chi connectivity index (χ1) is 7.76. The Bertz CT molecular complexity index is 294. The molecule has 0 aliphatic rings. The lowest BCUT2D eigenvalue weighted by Crippen LogP contribution is -2.19. The molecule has 4 heteroatoms. The summed E-state index contributed by atoms with van der Waals surface area (Å²) in [6.07, 6.45) is 4.68. The minimum Gasteiger partial charge on any atom is -0.312 e. The lowest BCUT2D eigenvalue weighted by molar-refractivity contribution is 0.387. The van der Waals surface area contributed by atoms with Crippen molar-refractivity contribution in [1.82, 2.24) is 14.9 Å². The first-order valence-electron chi connectivity index (χ1n) is 6.25. The van der Waals surface area contributed by atoms with E-state index >= 15 is 0 Å². The predicted octanol–water partition coefficient (Wildman–Crippen LogP) is 3.19. The van der Waals surface area contributed by atoms with Crippen LogP contribution < -0.4 is 5.32 Å². The van der Waals surface area contributed by atoms with Crippen LogP contribution in [0.5, 0.6) is 0 Å². The van der Waals surface area contributed by atoms with Gasteiger partial charge in [0, 0.05) is 6.04 Å². The van der Waals surface area contributed by atoms with E-state index in [9.17, 15) is 0 Å². The molecule has 1 atom stereocenters. The molecule has 1 heterocycles. The summed E-state index contributed by atoms with van der Waals surface area (Å²) in [5, 5.41) is 7.60. The van der Waals surface area contributed by atoms with Crippen LogP contribution in [0.1, 0.15) is 56.6 Å². The number of rotatable bonds is 7. The van der Waals surface area contributed by atoms with E-state index in [1.54, 1.807) is 11.5 Å². The molecule has 0 bridgehead atoms. The normalized spacial score (nSPS) is 13.3. The number of nitrogens with one attached hydrogen (secondary N) is 1. The Hall–Kier alpha value is -0.480. The van der Waals surface area contributed by atoms with Crippen molar-refractivity contribution < 1.29 is 0 Å². The molecule has 0 saturated carbocycles. The van der Waals surface area contributed by atoms with Crippen molar-refractivity contribution in [2.24, 2.45) is 5.92 Å². The van der Waals surface area contributed by atoms with Gasteiger partial charge in [-0.2, -0.15) is 0 Å². The third-order valence-corrected chi connectivity index (χ3v) is 4.19. The van der Waals surface area contributed by atoms with Gasteiger partial charge < -0.3 is 5.32 Å². The fourth-order valence-corrected chi connectivity index (χ4v) is 2.90. The van der Waals surface area contributed by atoms with Crippen LogP contribution >= 0.6 is 11.5 Å². The molecule has 1 aromatic heterocycles. The topological polar surface area (TPSA) is 37.8 Å². The lowest BCUT2D eigenvalue weighted by atomic mass is 9.93. The number of aromatic nitrogens is 2. The summed E-state index contributed by atoms with van der Waals surface area (Å²) in [5.41, 5.74) is 1.16. The lowest BCUT2D eigenvalue weighted by Gasteiger charge is -2.20. The Labute approximate surface area is 103 Å². The van der Waals surface area contributed by atoms with Crippen LogP contribution in [0.25, 0.3) is 0 Å². The quantitative estimate of drug-likeness (QED) is 0.796. The fraction of sp³-hybridized carbons (Fsp3) is 0.833. The van der Waals surface area contributed by atoms with Crippen molar-refractivity contribution in [3.05, 3.63) is 10.6 Å². The Kier molecular flexibility index (Phi) is 5.91. The highest BCUT2D eigenvalue weighted by atomic mass is 32.1. The molecule has 0 spiro atoms. The summed E-state index contributed by atoms with van der Waals surface area (Å²) in [5.74, 6) is 0.796. The summed E-state index contributed by atoms with van der Waals surface area (Å²) >= 11 is 1.55. The van der Waals surface area contributed by atoms with Crippen molar-refractivity contribution >= 4 is 11.5 Å². The van der Waals surface area contributed by atoms with Crippen LogP contribution in [0.3, 0.4) is 0 Å². The second-order valence-corrected chi connectivity index (χ2v) is 4.98. The van der Waals surface area contributed by atoms with E-state index < -0.39 is 0 Å². The highest BCUT2D eigenvalue weighted by Gasteiger charge is 2.19. The van der Waals surface area contributed by atoms with Gasteiger partial charge in [0.1, 0.15) is 0 Å². The largest absolute Gasteiger partial charge is 0.312 e. The van der Waals surface area contributed by atoms with Gasteiger partial charge in [0.25, 0.3) is 0 Å². The number of hydrogen-bond acceptors (Lipinski definition) is 4. The molecule has 0 radical (unpaired) electrons. The van der Waals surface area contributed by atoms with Crippen LogP contribution in [0.15, 0.2) is 0 Å². The third kappa shape index (κ3) is 3.25. The Morgan fingerprint density at radius 3 is 2.44 bits per heavy atom. The Balaban J connectivity index is 2.73. The van der Waals surface area contributed by atoms with Gasteiger partial charge in [-0.15, -0.1) is 5.10 Å². The molecule has 0 fully saturated rings. The third-order valence-electron chi connectivity index (χ3n) is 3.31. The number of aryl methyl sites for hydroxylation is 1. The molecule has 1 N–H and O–H groups in total. The van der Waals surface area contributed by atoms with Gasteiger partial charge in [-0.1, -0.05) is 38.1 Å². The fourth-order valence-electron chi connectivity index (χ4n) is 2.04. The van der Waals surface area contributed by atoms with Gasteiger partial charge in [0.15, 0.2) is 0 Å². The smallest absolute Gasteiger partial charge is 0.0800 e. The van der Waals surface area contributed by atoms with Crippen LogP contribution in [0, 0.1) is 5.92 Å². The van der Waals surface area contributed by atoms with E-state index in [0.717, 1.165) is 18.0 Å². The standard InChI is InChI=1S/C12H23N3S/c1-5-9(6-2)8-11(13-4)12-10(7-3)14-15-16-12/h9,11,13H,5-8H2,1-4H3. The zero-order chi connectivity index (χ0) is 12.0. The predicted molar refractivity (Wildman–Crippen MR) is 69.8 cm³/mol. The Morgan fingerprint density at radius 1 is 1.25 bits per heavy atom. The van der Waals surface area contributed by atoms with E-state index in [-0.39, 0.29) is 0 Å². The zero-order valence-corrected chi connectivity index (χ0v) is 11.6. The number of hydrogen-bond donors (Lipinski definition) is 1. The van der Waals surface area contributed by atoms with Crippen molar-refractivity contribution in [2.75, 3.05) is 7.05 Å². The van der Waals surface area contributed by atoms with Crippen molar-refractivity contribution in [3.63, 3.8) is 0 Å². The van der Waals surface area contributed by atoms with Gasteiger partial charge in [-0.05, 0) is 37.3 Å². The van der Waals surface area contributed by atoms with E-state index in [1.807, 2.05) is 7.05 Å². The molecular formula is C12H23N3S. The monoisotopic (exact) mass is 241 g/mol. The van der Waals surface area contributed by atoms with Crippen LogP contribution in [-0.4, -0.2) is 16.6 Å². The highest BCUT2D eigenvalue weighted by molar-refractivity contribution is 7.05. The maximum atomic E-state index is 4.19. The van der Waals surface area contributed by atoms with E-state index in [0.29, 0.717) is 6.04 Å². The second-order valence-electron chi connectivity index (χ2n) is 4.20. The van der Waals surface area contributed by atoms with Crippen LogP contribution in [-0.2, 0) is 6.42 Å². The number of nitrogens with zero attached hydrogens (tertiary/aromatic N) is 2. The van der Waals surface area contributed by atoms with Gasteiger partial charge in [-0.25, -0.2) is 0 Å². The first kappa shape index (κ1) is 13.6. The maximum absolute atomic E-state index is 4.19. The molecule has 0 aliphatic carbocycles. The first-order valence-corrected chi connectivity index (χ1v) is 7.02. The van der Waals surface area contributed by atoms with Gasteiger partial charge in [-0.3, -0.25) is 0 Å². The molecule has 0 saturated heterocycles. The molecule has 1 aromatic rings. The molecule has 16 heavy (non-hydrogen) atoms. The second kappa shape index (κ2) is 6.97. The highest BCUT2D eigenvalue weighted by Crippen LogP contribution is 2.28. The molecule has 0 aliphatic heterocycles. The van der Waals surface area contributed by atoms with Gasteiger partial charge >= 0.3 is 0 Å². The summed E-state index contributed by atoms with van der Waals surface area (Å²) in [4.78, 5) is 1.33. The van der Waals surface area contributed by atoms with Gasteiger partial charge in [0.2, 0.25) is 0 Å². The summed E-state index contributed by atoms with van der Waals surface area (Å²) in [7, 11) is 2.03. The van der Waals surface area contributed by atoms with E-state index in [1.165, 1.54) is 24.1 Å². The maximum Gasteiger partial charge on any atom is 0.0800 e. The van der Waals surface area contributed by atoms with Crippen molar-refractivity contribution in [2.45, 2.75) is 52.5 Å². The molecule has 0 amide bonds. The van der Waals surface area contributed by atoms with E-state index in [4.69, 9.17) is 0 Å².